The van der Waals surface area contributed by atoms with Crippen molar-refractivity contribution < 1.29 is 24.2 Å². The van der Waals surface area contributed by atoms with Crippen molar-refractivity contribution in [3.63, 3.8) is 0 Å². The average Bonchev–Trinajstić information content (AvgIpc) is 3.29. The SMILES string of the molecule is COC(=O)N1CCC2(CC1)CC(Oc1c(C#N)cccc1CC(=O)O)c1cc(-c3ccc4ccnc(N)c4c3)ccc12. The molecule has 3 aromatic carbocycles. The fourth-order valence-corrected chi connectivity index (χ4v) is 6.52. The molecule has 1 aliphatic carbocycles. The van der Waals surface area contributed by atoms with Crippen LogP contribution in [0.2, 0.25) is 0 Å². The van der Waals surface area contributed by atoms with Crippen LogP contribution in [-0.2, 0) is 21.4 Å². The first-order valence-corrected chi connectivity index (χ1v) is 13.8. The van der Waals surface area contributed by atoms with Crippen molar-refractivity contribution in [3.8, 4) is 22.9 Å². The van der Waals surface area contributed by atoms with Crippen molar-refractivity contribution in [3.05, 3.63) is 89.1 Å². The number of carboxylic acid groups (broad SMARTS) is 1. The predicted molar refractivity (Wildman–Crippen MR) is 157 cm³/mol. The van der Waals surface area contributed by atoms with Gasteiger partial charge in [-0.15, -0.1) is 0 Å². The summed E-state index contributed by atoms with van der Waals surface area (Å²) in [4.78, 5) is 29.8. The third-order valence-electron chi connectivity index (χ3n) is 8.65. The molecule has 0 radical (unpaired) electrons. The van der Waals surface area contributed by atoms with E-state index in [1.807, 2.05) is 18.2 Å². The van der Waals surface area contributed by atoms with Crippen LogP contribution in [0.3, 0.4) is 0 Å². The molecule has 3 N–H and O–H groups in total. The zero-order valence-electron chi connectivity index (χ0n) is 23.2. The predicted octanol–water partition coefficient (Wildman–Crippen LogP) is 5.61. The summed E-state index contributed by atoms with van der Waals surface area (Å²) in [5.41, 5.74) is 10.8. The number of hydrogen-bond acceptors (Lipinski definition) is 7. The minimum Gasteiger partial charge on any atom is -0.484 e. The lowest BCUT2D eigenvalue weighted by Gasteiger charge is -2.39. The Bertz CT molecular complexity index is 1750. The van der Waals surface area contributed by atoms with Gasteiger partial charge in [-0.05, 0) is 71.2 Å². The van der Waals surface area contributed by atoms with Crippen LogP contribution in [0.15, 0.2) is 66.9 Å². The van der Waals surface area contributed by atoms with Crippen molar-refractivity contribution in [1.82, 2.24) is 9.88 Å². The maximum atomic E-state index is 12.2. The molecule has 1 saturated heterocycles. The van der Waals surface area contributed by atoms with Gasteiger partial charge in [0.25, 0.3) is 0 Å². The van der Waals surface area contributed by atoms with Crippen LogP contribution in [-0.4, -0.2) is 47.3 Å². The first-order chi connectivity index (χ1) is 20.3. The first kappa shape index (κ1) is 27.1. The summed E-state index contributed by atoms with van der Waals surface area (Å²) in [7, 11) is 1.39. The molecular weight excluding hydrogens is 532 g/mol. The summed E-state index contributed by atoms with van der Waals surface area (Å²) in [5.74, 6) is -0.231. The molecule has 4 aromatic rings. The Morgan fingerprint density at radius 2 is 1.88 bits per heavy atom. The molecule has 9 nitrogen and oxygen atoms in total. The Morgan fingerprint density at radius 1 is 1.12 bits per heavy atom. The lowest BCUT2D eigenvalue weighted by atomic mass is 9.73. The smallest absolute Gasteiger partial charge is 0.409 e. The molecular formula is C33H30N4O5. The quantitative estimate of drug-likeness (QED) is 0.320. The third-order valence-corrected chi connectivity index (χ3v) is 8.65. The number of piperidine rings is 1. The Labute approximate surface area is 243 Å². The standard InChI is InChI=1S/C33H30N4O5/c1-41-32(40)37-13-10-33(11-14-37)18-28(42-30-23(17-29(38)39)3-2-4-24(30)19-34)26-16-22(7-8-27(26)33)21-6-5-20-9-12-36-31(35)25(20)15-21/h2-9,12,15-16,28H,10-11,13-14,17-18H2,1H3,(H2,35,36)(H,38,39). The highest BCUT2D eigenvalue weighted by atomic mass is 16.5. The van der Waals surface area contributed by atoms with Gasteiger partial charge < -0.3 is 25.2 Å². The van der Waals surface area contributed by atoms with E-state index in [-0.39, 0.29) is 17.9 Å². The normalized spacial score (nSPS) is 17.0. The number of carbonyl (C=O) groups excluding carboxylic acids is 1. The number of para-hydroxylation sites is 1. The number of carboxylic acids is 1. The van der Waals surface area contributed by atoms with E-state index in [0.717, 1.165) is 45.9 Å². The molecule has 0 bridgehead atoms. The Morgan fingerprint density at radius 3 is 2.62 bits per heavy atom. The number of rotatable bonds is 5. The Balaban J connectivity index is 1.43. The van der Waals surface area contributed by atoms with Crippen LogP contribution in [0.1, 0.15) is 47.6 Å². The second kappa shape index (κ2) is 10.7. The van der Waals surface area contributed by atoms with E-state index in [2.05, 4.69) is 35.3 Å². The van der Waals surface area contributed by atoms with Crippen LogP contribution in [0, 0.1) is 11.3 Å². The number of aliphatic carboxylic acids is 1. The fraction of sp³-hybridized carbons (Fsp3) is 0.273. The summed E-state index contributed by atoms with van der Waals surface area (Å²) >= 11 is 0. The van der Waals surface area contributed by atoms with Crippen molar-refractivity contribution in [1.29, 1.82) is 5.26 Å². The molecule has 1 amide bonds. The fourth-order valence-electron chi connectivity index (χ4n) is 6.52. The van der Waals surface area contributed by atoms with Gasteiger partial charge in [-0.2, -0.15) is 5.26 Å². The Hall–Kier alpha value is -5.10. The molecule has 9 heteroatoms. The van der Waals surface area contributed by atoms with Crippen LogP contribution in [0.5, 0.6) is 5.75 Å². The number of amides is 1. The summed E-state index contributed by atoms with van der Waals surface area (Å²) in [6, 6.07) is 21.6. The van der Waals surface area contributed by atoms with Crippen molar-refractivity contribution >= 4 is 28.7 Å². The van der Waals surface area contributed by atoms with Crippen LogP contribution in [0.4, 0.5) is 10.6 Å². The Kier molecular flexibility index (Phi) is 6.91. The van der Waals surface area contributed by atoms with E-state index >= 15 is 0 Å². The second-order valence-corrected chi connectivity index (χ2v) is 11.0. The first-order valence-electron chi connectivity index (χ1n) is 13.8. The summed E-state index contributed by atoms with van der Waals surface area (Å²) < 4.78 is 11.6. The maximum Gasteiger partial charge on any atom is 0.409 e. The lowest BCUT2D eigenvalue weighted by Crippen LogP contribution is -2.44. The van der Waals surface area contributed by atoms with E-state index in [1.54, 1.807) is 29.3 Å². The molecule has 212 valence electrons. The van der Waals surface area contributed by atoms with Crippen molar-refractivity contribution in [2.45, 2.75) is 37.2 Å². The monoisotopic (exact) mass is 562 g/mol. The maximum absolute atomic E-state index is 12.2. The zero-order chi connectivity index (χ0) is 29.4. The number of benzene rings is 3. The molecule has 2 aliphatic rings. The zero-order valence-corrected chi connectivity index (χ0v) is 23.2. The van der Waals surface area contributed by atoms with Crippen molar-refractivity contribution in [2.24, 2.45) is 0 Å². The number of hydrogen-bond donors (Lipinski definition) is 2. The van der Waals surface area contributed by atoms with Gasteiger partial charge in [0.15, 0.2) is 0 Å². The topological polar surface area (TPSA) is 139 Å². The van der Waals surface area contributed by atoms with E-state index in [9.17, 15) is 20.0 Å². The highest BCUT2D eigenvalue weighted by molar-refractivity contribution is 5.94. The molecule has 6 rings (SSSR count). The van der Waals surface area contributed by atoms with Crippen LogP contribution in [0.25, 0.3) is 21.9 Å². The highest BCUT2D eigenvalue weighted by Crippen LogP contribution is 2.53. The molecule has 1 aromatic heterocycles. The molecule has 1 atom stereocenters. The number of nitriles is 1. The van der Waals surface area contributed by atoms with Gasteiger partial charge in [-0.25, -0.2) is 9.78 Å². The van der Waals surface area contributed by atoms with Gasteiger partial charge in [-0.3, -0.25) is 4.79 Å². The third kappa shape index (κ3) is 4.75. The number of pyridine rings is 1. The van der Waals surface area contributed by atoms with Crippen molar-refractivity contribution in [2.75, 3.05) is 25.9 Å². The largest absolute Gasteiger partial charge is 0.484 e. The van der Waals surface area contributed by atoms with Crippen LogP contribution >= 0.6 is 0 Å². The number of aromatic nitrogens is 1. The number of fused-ring (bicyclic) bond motifs is 3. The molecule has 0 saturated carbocycles. The second-order valence-electron chi connectivity index (χ2n) is 11.0. The summed E-state index contributed by atoms with van der Waals surface area (Å²) in [6.45, 7) is 1.10. The number of anilines is 1. The van der Waals surface area contributed by atoms with E-state index in [1.165, 1.54) is 7.11 Å². The van der Waals surface area contributed by atoms with Gasteiger partial charge in [-0.1, -0.05) is 36.4 Å². The molecule has 1 unspecified atom stereocenters. The molecule has 1 spiro atoms. The van der Waals surface area contributed by atoms with Gasteiger partial charge in [0.05, 0.1) is 19.1 Å². The molecule has 1 fully saturated rings. The number of likely N-dealkylation sites (tertiary alicyclic amines) is 1. The average molecular weight is 563 g/mol. The minimum atomic E-state index is -0.999. The number of ether oxygens (including phenoxy) is 2. The minimum absolute atomic E-state index is 0.241. The van der Waals surface area contributed by atoms with Gasteiger partial charge in [0.2, 0.25) is 0 Å². The number of methoxy groups -OCH3 is 1. The molecule has 42 heavy (non-hydrogen) atoms. The van der Waals surface area contributed by atoms with E-state index in [0.29, 0.717) is 42.2 Å². The van der Waals surface area contributed by atoms with Gasteiger partial charge >= 0.3 is 12.1 Å². The number of carbonyl (C=O) groups is 2. The number of nitrogen functional groups attached to an aromatic ring is 1. The highest BCUT2D eigenvalue weighted by Gasteiger charge is 2.47. The van der Waals surface area contributed by atoms with E-state index in [4.69, 9.17) is 15.2 Å². The van der Waals surface area contributed by atoms with Gasteiger partial charge in [0, 0.05) is 35.7 Å². The summed E-state index contributed by atoms with van der Waals surface area (Å²) in [6.07, 6.45) is 2.79. The molecule has 2 heterocycles. The van der Waals surface area contributed by atoms with E-state index < -0.39 is 12.1 Å². The number of nitrogens with two attached hydrogens (primary N) is 1. The molecule has 1 aliphatic heterocycles. The summed E-state index contributed by atoms with van der Waals surface area (Å²) in [5, 5.41) is 21.3. The van der Waals surface area contributed by atoms with Gasteiger partial charge in [0.1, 0.15) is 23.7 Å². The number of nitrogens with zero attached hydrogens (tertiary/aromatic N) is 3. The van der Waals surface area contributed by atoms with Crippen LogP contribution < -0.4 is 10.5 Å². The lowest BCUT2D eigenvalue weighted by molar-refractivity contribution is -0.136.